The standard InChI is InChI=1S/C17H16O2/c1-12-11-16(18)14-9-5-6-10-15(14)17(12,19)13-7-3-2-4-8-13/h2-10,12,19H,11H2,1H3. The van der Waals surface area contributed by atoms with Crippen LogP contribution in [-0.4, -0.2) is 10.9 Å². The zero-order chi connectivity index (χ0) is 13.5. The third kappa shape index (κ3) is 1.71. The van der Waals surface area contributed by atoms with E-state index in [1.807, 2.05) is 55.5 Å². The molecule has 2 unspecified atom stereocenters. The van der Waals surface area contributed by atoms with Crippen LogP contribution in [0.1, 0.15) is 34.8 Å². The van der Waals surface area contributed by atoms with Gasteiger partial charge in [-0.05, 0) is 11.1 Å². The second kappa shape index (κ2) is 4.32. The Balaban J connectivity index is 2.26. The SMILES string of the molecule is CC1CC(=O)c2ccccc2C1(O)c1ccccc1. The quantitative estimate of drug-likeness (QED) is 0.846. The fraction of sp³-hybridized carbons (Fsp3) is 0.235. The predicted octanol–water partition coefficient (Wildman–Crippen LogP) is 3.15. The molecule has 2 aromatic rings. The molecule has 0 bridgehead atoms. The van der Waals surface area contributed by atoms with Gasteiger partial charge in [0.2, 0.25) is 0 Å². The highest BCUT2D eigenvalue weighted by Gasteiger charge is 2.44. The highest BCUT2D eigenvalue weighted by molar-refractivity contribution is 5.99. The molecule has 3 rings (SSSR count). The lowest BCUT2D eigenvalue weighted by Gasteiger charge is -2.39. The maximum atomic E-state index is 12.1. The van der Waals surface area contributed by atoms with E-state index in [1.54, 1.807) is 6.07 Å². The summed E-state index contributed by atoms with van der Waals surface area (Å²) < 4.78 is 0. The Morgan fingerprint density at radius 1 is 1.05 bits per heavy atom. The van der Waals surface area contributed by atoms with Gasteiger partial charge >= 0.3 is 0 Å². The molecule has 0 radical (unpaired) electrons. The van der Waals surface area contributed by atoms with E-state index >= 15 is 0 Å². The Kier molecular flexibility index (Phi) is 2.76. The summed E-state index contributed by atoms with van der Waals surface area (Å²) in [5, 5.41) is 11.2. The second-order valence-corrected chi connectivity index (χ2v) is 5.21. The van der Waals surface area contributed by atoms with Crippen molar-refractivity contribution < 1.29 is 9.90 Å². The smallest absolute Gasteiger partial charge is 0.163 e. The predicted molar refractivity (Wildman–Crippen MR) is 74.0 cm³/mol. The summed E-state index contributed by atoms with van der Waals surface area (Å²) in [5.74, 6) is -0.0130. The molecule has 0 saturated carbocycles. The normalized spacial score (nSPS) is 26.0. The van der Waals surface area contributed by atoms with Crippen molar-refractivity contribution in [3.8, 4) is 0 Å². The van der Waals surface area contributed by atoms with Gasteiger partial charge in [0.05, 0.1) is 0 Å². The van der Waals surface area contributed by atoms with Crippen molar-refractivity contribution in [3.05, 3.63) is 71.3 Å². The topological polar surface area (TPSA) is 37.3 Å². The molecule has 0 spiro atoms. The number of Topliss-reactive ketones (excluding diaryl/α,β-unsaturated/α-hetero) is 1. The number of aliphatic hydroxyl groups is 1. The Morgan fingerprint density at radius 3 is 2.42 bits per heavy atom. The van der Waals surface area contributed by atoms with E-state index in [0.29, 0.717) is 12.0 Å². The molecular formula is C17H16O2. The van der Waals surface area contributed by atoms with Gasteiger partial charge in [0.15, 0.2) is 5.78 Å². The molecule has 2 aromatic carbocycles. The van der Waals surface area contributed by atoms with Crippen molar-refractivity contribution in [2.24, 2.45) is 5.92 Å². The first-order chi connectivity index (χ1) is 9.14. The summed E-state index contributed by atoms with van der Waals surface area (Å²) in [6.07, 6.45) is 0.377. The van der Waals surface area contributed by atoms with Crippen LogP contribution in [0.3, 0.4) is 0 Å². The van der Waals surface area contributed by atoms with Crippen LogP contribution in [0.5, 0.6) is 0 Å². The molecule has 2 heteroatoms. The molecule has 1 aliphatic rings. The maximum Gasteiger partial charge on any atom is 0.163 e. The Labute approximate surface area is 112 Å². The minimum absolute atomic E-state index is 0.115. The Hall–Kier alpha value is -1.93. The lowest BCUT2D eigenvalue weighted by molar-refractivity contribution is 0.0134. The van der Waals surface area contributed by atoms with Crippen LogP contribution >= 0.6 is 0 Å². The largest absolute Gasteiger partial charge is 0.380 e. The van der Waals surface area contributed by atoms with Crippen molar-refractivity contribution in [3.63, 3.8) is 0 Å². The van der Waals surface area contributed by atoms with E-state index in [1.165, 1.54) is 0 Å². The van der Waals surface area contributed by atoms with Crippen molar-refractivity contribution in [2.45, 2.75) is 18.9 Å². The zero-order valence-electron chi connectivity index (χ0n) is 10.8. The second-order valence-electron chi connectivity index (χ2n) is 5.21. The molecular weight excluding hydrogens is 236 g/mol. The number of hydrogen-bond acceptors (Lipinski definition) is 2. The van der Waals surface area contributed by atoms with Gasteiger partial charge in [0.1, 0.15) is 5.60 Å². The highest BCUT2D eigenvalue weighted by Crippen LogP contribution is 2.43. The first kappa shape index (κ1) is 12.1. The highest BCUT2D eigenvalue weighted by atomic mass is 16.3. The summed E-state index contributed by atoms with van der Waals surface area (Å²) >= 11 is 0. The summed E-state index contributed by atoms with van der Waals surface area (Å²) in [6.45, 7) is 1.93. The summed E-state index contributed by atoms with van der Waals surface area (Å²) in [7, 11) is 0. The first-order valence-corrected chi connectivity index (χ1v) is 6.54. The van der Waals surface area contributed by atoms with Crippen molar-refractivity contribution in [1.29, 1.82) is 0 Å². The number of carbonyl (C=O) groups excluding carboxylic acids is 1. The lowest BCUT2D eigenvalue weighted by atomic mass is 9.68. The summed E-state index contributed by atoms with van der Waals surface area (Å²) in [5.41, 5.74) is 1.14. The Morgan fingerprint density at radius 2 is 1.68 bits per heavy atom. The number of carbonyl (C=O) groups is 1. The van der Waals surface area contributed by atoms with E-state index in [0.717, 1.165) is 11.1 Å². The van der Waals surface area contributed by atoms with E-state index in [2.05, 4.69) is 0 Å². The molecule has 0 fully saturated rings. The van der Waals surface area contributed by atoms with Gasteiger partial charge in [-0.1, -0.05) is 61.5 Å². The van der Waals surface area contributed by atoms with Gasteiger partial charge in [0, 0.05) is 17.9 Å². The molecule has 1 aliphatic carbocycles. The fourth-order valence-corrected chi connectivity index (χ4v) is 2.99. The lowest BCUT2D eigenvalue weighted by Crippen LogP contribution is -2.41. The van der Waals surface area contributed by atoms with E-state index < -0.39 is 5.60 Å². The van der Waals surface area contributed by atoms with Crippen molar-refractivity contribution in [1.82, 2.24) is 0 Å². The number of rotatable bonds is 1. The van der Waals surface area contributed by atoms with E-state index in [9.17, 15) is 9.90 Å². The first-order valence-electron chi connectivity index (χ1n) is 6.54. The molecule has 2 atom stereocenters. The minimum atomic E-state index is -1.08. The molecule has 96 valence electrons. The molecule has 1 N–H and O–H groups in total. The monoisotopic (exact) mass is 252 g/mol. The summed E-state index contributed by atoms with van der Waals surface area (Å²) in [6, 6.07) is 17.0. The van der Waals surface area contributed by atoms with Gasteiger partial charge in [-0.2, -0.15) is 0 Å². The van der Waals surface area contributed by atoms with Gasteiger partial charge < -0.3 is 5.11 Å². The van der Waals surface area contributed by atoms with Crippen molar-refractivity contribution in [2.75, 3.05) is 0 Å². The fourth-order valence-electron chi connectivity index (χ4n) is 2.99. The van der Waals surface area contributed by atoms with Crippen LogP contribution in [0.4, 0.5) is 0 Å². The number of ketones is 1. The molecule has 2 nitrogen and oxygen atoms in total. The van der Waals surface area contributed by atoms with Crippen molar-refractivity contribution >= 4 is 5.78 Å². The zero-order valence-corrected chi connectivity index (χ0v) is 10.8. The van der Waals surface area contributed by atoms with Crippen LogP contribution in [-0.2, 0) is 5.60 Å². The van der Waals surface area contributed by atoms with Gasteiger partial charge in [0.25, 0.3) is 0 Å². The van der Waals surface area contributed by atoms with Crippen LogP contribution < -0.4 is 0 Å². The van der Waals surface area contributed by atoms with Crippen LogP contribution in [0.15, 0.2) is 54.6 Å². The number of benzene rings is 2. The third-order valence-corrected chi connectivity index (χ3v) is 4.06. The van der Waals surface area contributed by atoms with Gasteiger partial charge in [-0.15, -0.1) is 0 Å². The minimum Gasteiger partial charge on any atom is -0.380 e. The summed E-state index contributed by atoms with van der Waals surface area (Å²) in [4.78, 5) is 12.1. The molecule has 0 heterocycles. The van der Waals surface area contributed by atoms with E-state index in [4.69, 9.17) is 0 Å². The maximum absolute atomic E-state index is 12.1. The molecule has 0 aromatic heterocycles. The third-order valence-electron chi connectivity index (χ3n) is 4.06. The van der Waals surface area contributed by atoms with E-state index in [-0.39, 0.29) is 11.7 Å². The molecule has 0 aliphatic heterocycles. The average Bonchev–Trinajstić information content (AvgIpc) is 2.46. The van der Waals surface area contributed by atoms with Gasteiger partial charge in [-0.3, -0.25) is 4.79 Å². The number of fused-ring (bicyclic) bond motifs is 1. The van der Waals surface area contributed by atoms with Crippen LogP contribution in [0.25, 0.3) is 0 Å². The molecule has 0 saturated heterocycles. The molecule has 0 amide bonds. The molecule has 19 heavy (non-hydrogen) atoms. The van der Waals surface area contributed by atoms with Crippen LogP contribution in [0.2, 0.25) is 0 Å². The van der Waals surface area contributed by atoms with Gasteiger partial charge in [-0.25, -0.2) is 0 Å². The van der Waals surface area contributed by atoms with Crippen LogP contribution in [0, 0.1) is 5.92 Å². The average molecular weight is 252 g/mol. The number of hydrogen-bond donors (Lipinski definition) is 1. The Bertz CT molecular complexity index is 618.